The number of halogens is 1. The summed E-state index contributed by atoms with van der Waals surface area (Å²) in [7, 11) is 0. The van der Waals surface area contributed by atoms with E-state index in [0.29, 0.717) is 5.02 Å². The molecule has 140 valence electrons. The van der Waals surface area contributed by atoms with Crippen molar-refractivity contribution in [2.75, 3.05) is 5.32 Å². The first-order valence-corrected chi connectivity index (χ1v) is 10.2. The van der Waals surface area contributed by atoms with Gasteiger partial charge in [0, 0.05) is 22.5 Å². The molecule has 0 radical (unpaired) electrons. The van der Waals surface area contributed by atoms with Gasteiger partial charge in [-0.25, -0.2) is 0 Å². The number of amides is 1. The summed E-state index contributed by atoms with van der Waals surface area (Å²) in [4.78, 5) is 13.5. The molecule has 1 N–H and O–H groups in total. The highest BCUT2D eigenvalue weighted by molar-refractivity contribution is 6.31. The molecule has 0 heterocycles. The molecule has 3 heteroatoms. The van der Waals surface area contributed by atoms with E-state index in [0.717, 1.165) is 11.3 Å². The van der Waals surface area contributed by atoms with Crippen LogP contribution >= 0.6 is 11.6 Å². The minimum Gasteiger partial charge on any atom is -0.326 e. The van der Waals surface area contributed by atoms with Crippen LogP contribution in [0.3, 0.4) is 0 Å². The molecule has 0 aromatic heterocycles. The van der Waals surface area contributed by atoms with Crippen molar-refractivity contribution in [3.8, 4) is 0 Å². The van der Waals surface area contributed by atoms with Crippen LogP contribution in [0.4, 0.5) is 5.69 Å². The molecule has 0 spiro atoms. The molecule has 28 heavy (non-hydrogen) atoms. The number of fused-ring (bicyclic) bond motifs is 1. The summed E-state index contributed by atoms with van der Waals surface area (Å²) in [5.41, 5.74) is 7.06. The summed E-state index contributed by atoms with van der Waals surface area (Å²) in [5, 5.41) is 3.85. The van der Waals surface area contributed by atoms with Gasteiger partial charge in [0.1, 0.15) is 0 Å². The van der Waals surface area contributed by atoms with E-state index in [4.69, 9.17) is 11.6 Å². The molecule has 2 atom stereocenters. The second kappa shape index (κ2) is 6.49. The second-order valence-corrected chi connectivity index (χ2v) is 8.41. The lowest BCUT2D eigenvalue weighted by Gasteiger charge is -2.49. The van der Waals surface area contributed by atoms with Gasteiger partial charge in [-0.2, -0.15) is 0 Å². The average molecular weight is 388 g/mol. The van der Waals surface area contributed by atoms with Crippen molar-refractivity contribution < 1.29 is 4.79 Å². The molecule has 3 aliphatic rings. The molecule has 0 saturated carbocycles. The zero-order chi connectivity index (χ0) is 19.4. The number of carbonyl (C=O) groups is 1. The van der Waals surface area contributed by atoms with Gasteiger partial charge in [-0.1, -0.05) is 73.1 Å². The monoisotopic (exact) mass is 387 g/mol. The van der Waals surface area contributed by atoms with Crippen LogP contribution in [0.1, 0.15) is 46.6 Å². The number of carbonyl (C=O) groups excluding carboxylic acids is 1. The van der Waals surface area contributed by atoms with Crippen molar-refractivity contribution >= 4 is 23.2 Å². The van der Waals surface area contributed by atoms with Crippen molar-refractivity contribution in [1.29, 1.82) is 0 Å². The van der Waals surface area contributed by atoms with Gasteiger partial charge in [0.15, 0.2) is 0 Å². The van der Waals surface area contributed by atoms with Crippen LogP contribution < -0.4 is 5.32 Å². The maximum atomic E-state index is 13.5. The fraction of sp³-hybridized carbons (Fsp3) is 0.240. The van der Waals surface area contributed by atoms with Gasteiger partial charge < -0.3 is 5.32 Å². The average Bonchev–Trinajstić information content (AvgIpc) is 2.71. The Hall–Kier alpha value is -2.58. The Kier molecular flexibility index (Phi) is 4.06. The fourth-order valence-corrected chi connectivity index (χ4v) is 5.48. The molecule has 0 fully saturated rings. The normalized spacial score (nSPS) is 24.4. The quantitative estimate of drug-likeness (QED) is 0.563. The molecule has 0 unspecified atom stereocenters. The minimum atomic E-state index is -0.104. The molecule has 0 aliphatic heterocycles. The molecule has 0 saturated heterocycles. The zero-order valence-corrected chi connectivity index (χ0v) is 16.7. The summed E-state index contributed by atoms with van der Waals surface area (Å²) in [6.45, 7) is 4.16. The Balaban J connectivity index is 1.60. The van der Waals surface area contributed by atoms with Crippen LogP contribution in [0, 0.1) is 18.8 Å². The van der Waals surface area contributed by atoms with Gasteiger partial charge >= 0.3 is 0 Å². The highest BCUT2D eigenvalue weighted by Gasteiger charge is 2.50. The van der Waals surface area contributed by atoms with Gasteiger partial charge in [-0.15, -0.1) is 0 Å². The van der Waals surface area contributed by atoms with Crippen LogP contribution in [0.5, 0.6) is 0 Å². The summed E-state index contributed by atoms with van der Waals surface area (Å²) in [6.07, 6.45) is 0. The number of rotatable bonds is 2. The maximum absolute atomic E-state index is 13.5. The van der Waals surface area contributed by atoms with Crippen LogP contribution in [0.15, 0.2) is 66.7 Å². The first-order valence-electron chi connectivity index (χ1n) is 9.81. The lowest BCUT2D eigenvalue weighted by Crippen LogP contribution is -2.44. The summed E-state index contributed by atoms with van der Waals surface area (Å²) in [5.74, 6) is 0.555. The van der Waals surface area contributed by atoms with Crippen molar-refractivity contribution in [3.63, 3.8) is 0 Å². The van der Waals surface area contributed by atoms with Crippen molar-refractivity contribution in [2.24, 2.45) is 11.8 Å². The third-order valence-corrected chi connectivity index (χ3v) is 7.02. The third-order valence-electron chi connectivity index (χ3n) is 6.61. The molecular formula is C25H22ClNO. The number of benzene rings is 3. The summed E-state index contributed by atoms with van der Waals surface area (Å²) < 4.78 is 0. The predicted molar refractivity (Wildman–Crippen MR) is 114 cm³/mol. The van der Waals surface area contributed by atoms with Crippen LogP contribution in [-0.2, 0) is 4.79 Å². The Morgan fingerprint density at radius 1 is 0.821 bits per heavy atom. The Morgan fingerprint density at radius 2 is 1.36 bits per heavy atom. The highest BCUT2D eigenvalue weighted by Crippen LogP contribution is 2.58. The second-order valence-electron chi connectivity index (χ2n) is 8.00. The summed E-state index contributed by atoms with van der Waals surface area (Å²) >= 11 is 6.26. The molecule has 1 amide bonds. The van der Waals surface area contributed by atoms with E-state index in [1.807, 2.05) is 25.1 Å². The summed E-state index contributed by atoms with van der Waals surface area (Å²) in [6, 6.07) is 22.9. The van der Waals surface area contributed by atoms with Gasteiger partial charge in [0.2, 0.25) is 5.91 Å². The van der Waals surface area contributed by atoms with E-state index in [2.05, 4.69) is 60.8 Å². The number of hydrogen-bond acceptors (Lipinski definition) is 1. The van der Waals surface area contributed by atoms with Gasteiger partial charge in [-0.3, -0.25) is 4.79 Å². The minimum absolute atomic E-state index is 0.0804. The third kappa shape index (κ3) is 2.44. The van der Waals surface area contributed by atoms with Crippen LogP contribution in [0.25, 0.3) is 0 Å². The first kappa shape index (κ1) is 17.5. The lowest BCUT2D eigenvalue weighted by molar-refractivity contribution is -0.122. The van der Waals surface area contributed by atoms with Gasteiger partial charge in [0.05, 0.1) is 5.92 Å². The van der Waals surface area contributed by atoms with Crippen LogP contribution in [-0.4, -0.2) is 5.91 Å². The van der Waals surface area contributed by atoms with E-state index >= 15 is 0 Å². The lowest BCUT2D eigenvalue weighted by atomic mass is 9.54. The van der Waals surface area contributed by atoms with E-state index in [-0.39, 0.29) is 29.6 Å². The number of hydrogen-bond donors (Lipinski definition) is 1. The Labute approximate surface area is 170 Å². The predicted octanol–water partition coefficient (Wildman–Crippen LogP) is 6.13. The molecule has 2 bridgehead atoms. The SMILES string of the molecule is Cc1c(Cl)cccc1NC(=O)[C@@H]1C2c3ccccc3C(c3ccccc32)[C@H]1C. The highest BCUT2D eigenvalue weighted by atomic mass is 35.5. The molecule has 6 rings (SSSR count). The maximum Gasteiger partial charge on any atom is 0.228 e. The first-order chi connectivity index (χ1) is 13.6. The number of nitrogens with one attached hydrogen (secondary N) is 1. The molecule has 3 aliphatic carbocycles. The van der Waals surface area contributed by atoms with Gasteiger partial charge in [-0.05, 0) is 52.8 Å². The zero-order valence-electron chi connectivity index (χ0n) is 15.9. The smallest absolute Gasteiger partial charge is 0.228 e. The molecule has 2 nitrogen and oxygen atoms in total. The fourth-order valence-electron chi connectivity index (χ4n) is 5.30. The van der Waals surface area contributed by atoms with E-state index in [1.54, 1.807) is 0 Å². The molecular weight excluding hydrogens is 366 g/mol. The van der Waals surface area contributed by atoms with E-state index in [9.17, 15) is 4.79 Å². The largest absolute Gasteiger partial charge is 0.326 e. The molecule has 3 aromatic rings. The van der Waals surface area contributed by atoms with Crippen molar-refractivity contribution in [3.05, 3.63) is 99.6 Å². The Bertz CT molecular complexity index is 1040. The van der Waals surface area contributed by atoms with Crippen molar-refractivity contribution in [2.45, 2.75) is 25.7 Å². The Morgan fingerprint density at radius 3 is 1.93 bits per heavy atom. The standard InChI is InChI=1S/C25H22ClNO/c1-14-20(26)12-7-13-21(14)27-25(28)23-15(2)22-16-8-3-5-10-18(16)24(23)19-11-6-4-9-17(19)22/h3-13,15,22-24H,1-2H3,(H,27,28)/t15-,22?,23+,24?/m1/s1. The van der Waals surface area contributed by atoms with E-state index in [1.165, 1.54) is 22.3 Å². The topological polar surface area (TPSA) is 29.1 Å². The van der Waals surface area contributed by atoms with E-state index < -0.39 is 0 Å². The molecule has 3 aromatic carbocycles. The van der Waals surface area contributed by atoms with Crippen LogP contribution in [0.2, 0.25) is 5.02 Å². The number of anilines is 1. The van der Waals surface area contributed by atoms with Crippen molar-refractivity contribution in [1.82, 2.24) is 0 Å². The van der Waals surface area contributed by atoms with Gasteiger partial charge in [0.25, 0.3) is 0 Å².